The molecule has 5 nitrogen and oxygen atoms in total. The van der Waals surface area contributed by atoms with Crippen molar-refractivity contribution in [2.45, 2.75) is 20.0 Å². The Morgan fingerprint density at radius 2 is 1.83 bits per heavy atom. The molecule has 2 rings (SSSR count). The number of aryl methyl sites for hydroxylation is 1. The van der Waals surface area contributed by atoms with E-state index in [9.17, 15) is 4.39 Å². The van der Waals surface area contributed by atoms with Crippen molar-refractivity contribution in [3.05, 3.63) is 59.0 Å². The topological polar surface area (TPSA) is 58.5 Å². The van der Waals surface area contributed by atoms with Crippen molar-refractivity contribution in [2.75, 3.05) is 14.2 Å². The van der Waals surface area contributed by atoms with Crippen molar-refractivity contribution in [1.82, 2.24) is 15.6 Å². The number of rotatable bonds is 5. The molecule has 0 aliphatic rings. The molecule has 0 aliphatic carbocycles. The predicted octanol–water partition coefficient (Wildman–Crippen LogP) is 3.02. The van der Waals surface area contributed by atoms with Crippen molar-refractivity contribution < 1.29 is 9.13 Å². The summed E-state index contributed by atoms with van der Waals surface area (Å²) in [7, 11) is 3.29. The zero-order chi connectivity index (χ0) is 16.7. The number of nitrogens with one attached hydrogen (secondary N) is 2. The summed E-state index contributed by atoms with van der Waals surface area (Å²) in [4.78, 5) is 8.24. The van der Waals surface area contributed by atoms with Gasteiger partial charge in [-0.25, -0.2) is 9.37 Å². The molecule has 2 aromatic rings. The fourth-order valence-electron chi connectivity index (χ4n) is 2.08. The summed E-state index contributed by atoms with van der Waals surface area (Å²) in [6.07, 6.45) is 1.70. The first kappa shape index (κ1) is 20.1. The molecule has 0 bridgehead atoms. The highest BCUT2D eigenvalue weighted by Crippen LogP contribution is 2.09. The zero-order valence-corrected chi connectivity index (χ0v) is 16.3. The number of aromatic nitrogens is 1. The van der Waals surface area contributed by atoms with Crippen LogP contribution in [-0.2, 0) is 13.1 Å². The van der Waals surface area contributed by atoms with Crippen molar-refractivity contribution in [1.29, 1.82) is 0 Å². The second kappa shape index (κ2) is 10.1. The minimum atomic E-state index is -0.192. The van der Waals surface area contributed by atoms with E-state index in [4.69, 9.17) is 4.74 Å². The Morgan fingerprint density at radius 3 is 2.42 bits per heavy atom. The first-order valence-corrected chi connectivity index (χ1v) is 7.31. The van der Waals surface area contributed by atoms with Crippen molar-refractivity contribution in [2.24, 2.45) is 4.99 Å². The fourth-order valence-corrected chi connectivity index (χ4v) is 2.08. The molecule has 1 aromatic heterocycles. The Hall–Kier alpha value is -1.90. The number of benzene rings is 1. The molecule has 0 aliphatic heterocycles. The van der Waals surface area contributed by atoms with E-state index in [0.29, 0.717) is 30.5 Å². The third kappa shape index (κ3) is 5.95. The molecule has 0 saturated carbocycles. The Bertz CT molecular complexity index is 694. The lowest BCUT2D eigenvalue weighted by Crippen LogP contribution is -2.36. The van der Waals surface area contributed by atoms with Crippen LogP contribution in [0.15, 0.2) is 41.5 Å². The molecule has 0 atom stereocenters. The van der Waals surface area contributed by atoms with Gasteiger partial charge in [0.05, 0.1) is 7.11 Å². The quantitative estimate of drug-likeness (QED) is 0.423. The Labute approximate surface area is 158 Å². The normalized spacial score (nSPS) is 10.8. The lowest BCUT2D eigenvalue weighted by Gasteiger charge is -2.12. The smallest absolute Gasteiger partial charge is 0.213 e. The average molecular weight is 444 g/mol. The molecule has 24 heavy (non-hydrogen) atoms. The zero-order valence-electron chi connectivity index (χ0n) is 14.0. The van der Waals surface area contributed by atoms with E-state index < -0.39 is 0 Å². The highest BCUT2D eigenvalue weighted by molar-refractivity contribution is 14.0. The van der Waals surface area contributed by atoms with Gasteiger partial charge in [-0.1, -0.05) is 12.1 Å². The van der Waals surface area contributed by atoms with Crippen molar-refractivity contribution in [3.8, 4) is 5.88 Å². The number of aliphatic imine (C=N–C) groups is 1. The number of hydrogen-bond donors (Lipinski definition) is 2. The summed E-state index contributed by atoms with van der Waals surface area (Å²) in [5, 5.41) is 6.42. The van der Waals surface area contributed by atoms with Crippen LogP contribution in [0.5, 0.6) is 5.88 Å². The van der Waals surface area contributed by atoms with Crippen LogP contribution in [0.25, 0.3) is 0 Å². The molecule has 0 unspecified atom stereocenters. The van der Waals surface area contributed by atoms with E-state index in [2.05, 4.69) is 20.6 Å². The van der Waals surface area contributed by atoms with Gasteiger partial charge < -0.3 is 15.4 Å². The molecule has 0 amide bonds. The lowest BCUT2D eigenvalue weighted by atomic mass is 10.1. The Kier molecular flexibility index (Phi) is 8.45. The van der Waals surface area contributed by atoms with Gasteiger partial charge in [0.2, 0.25) is 5.88 Å². The second-order valence-corrected chi connectivity index (χ2v) is 5.07. The molecular formula is C17H22FIN4O. The molecule has 0 fully saturated rings. The standard InChI is InChI=1S/C17H21FN4O.HI/c1-12-8-13(4-5-15(12)18)10-21-17(19-2)22-11-14-6-7-20-16(9-14)23-3;/h4-9H,10-11H2,1-3H3,(H2,19,21,22);1H. The monoisotopic (exact) mass is 444 g/mol. The van der Waals surface area contributed by atoms with Gasteiger partial charge in [0.15, 0.2) is 5.96 Å². The summed E-state index contributed by atoms with van der Waals surface area (Å²) in [6, 6.07) is 8.83. The summed E-state index contributed by atoms with van der Waals surface area (Å²) in [5.74, 6) is 1.06. The molecule has 0 saturated heterocycles. The second-order valence-electron chi connectivity index (χ2n) is 5.07. The third-order valence-corrected chi connectivity index (χ3v) is 3.37. The number of pyridine rings is 1. The SMILES string of the molecule is CN=C(NCc1ccnc(OC)c1)NCc1ccc(F)c(C)c1.I. The van der Waals surface area contributed by atoms with Gasteiger partial charge in [-0.2, -0.15) is 0 Å². The minimum absolute atomic E-state index is 0. The van der Waals surface area contributed by atoms with E-state index >= 15 is 0 Å². The maximum absolute atomic E-state index is 13.3. The van der Waals surface area contributed by atoms with Crippen LogP contribution >= 0.6 is 24.0 Å². The molecule has 2 N–H and O–H groups in total. The molecule has 7 heteroatoms. The Balaban J connectivity index is 0.00000288. The number of halogens is 2. The Morgan fingerprint density at radius 1 is 1.17 bits per heavy atom. The highest BCUT2D eigenvalue weighted by atomic mass is 127. The van der Waals surface area contributed by atoms with Gasteiger partial charge in [0.25, 0.3) is 0 Å². The number of guanidine groups is 1. The van der Waals surface area contributed by atoms with Gasteiger partial charge in [-0.15, -0.1) is 24.0 Å². The fraction of sp³-hybridized carbons (Fsp3) is 0.294. The number of methoxy groups -OCH3 is 1. The van der Waals surface area contributed by atoms with Crippen molar-refractivity contribution >= 4 is 29.9 Å². The number of nitrogens with zero attached hydrogens (tertiary/aromatic N) is 2. The van der Waals surface area contributed by atoms with Crippen LogP contribution in [0, 0.1) is 12.7 Å². The first-order valence-electron chi connectivity index (χ1n) is 7.31. The maximum atomic E-state index is 13.3. The number of hydrogen-bond acceptors (Lipinski definition) is 3. The van der Waals surface area contributed by atoms with Crippen molar-refractivity contribution in [3.63, 3.8) is 0 Å². The summed E-state index contributed by atoms with van der Waals surface area (Å²) in [5.41, 5.74) is 2.67. The van der Waals surface area contributed by atoms with E-state index in [0.717, 1.165) is 11.1 Å². The molecule has 1 aromatic carbocycles. The maximum Gasteiger partial charge on any atom is 0.213 e. The van der Waals surface area contributed by atoms with E-state index in [1.54, 1.807) is 33.3 Å². The van der Waals surface area contributed by atoms with Gasteiger partial charge in [-0.05, 0) is 35.7 Å². The predicted molar refractivity (Wildman–Crippen MR) is 104 cm³/mol. The lowest BCUT2D eigenvalue weighted by molar-refractivity contribution is 0.397. The largest absolute Gasteiger partial charge is 0.481 e. The molecule has 1 heterocycles. The molecular weight excluding hydrogens is 422 g/mol. The van der Waals surface area contributed by atoms with Gasteiger partial charge in [0.1, 0.15) is 5.82 Å². The average Bonchev–Trinajstić information content (AvgIpc) is 2.58. The summed E-state index contributed by atoms with van der Waals surface area (Å²) >= 11 is 0. The van der Waals surface area contributed by atoms with Crippen LogP contribution in [0.1, 0.15) is 16.7 Å². The van der Waals surface area contributed by atoms with E-state index in [-0.39, 0.29) is 29.8 Å². The van der Waals surface area contributed by atoms with Gasteiger partial charge >= 0.3 is 0 Å². The molecule has 0 radical (unpaired) electrons. The van der Waals surface area contributed by atoms with E-state index in [1.165, 1.54) is 6.07 Å². The van der Waals surface area contributed by atoms with E-state index in [1.807, 2.05) is 18.2 Å². The number of ether oxygens (including phenoxy) is 1. The first-order chi connectivity index (χ1) is 11.1. The van der Waals surface area contributed by atoms with Crippen LogP contribution in [0.4, 0.5) is 4.39 Å². The highest BCUT2D eigenvalue weighted by Gasteiger charge is 2.02. The van der Waals surface area contributed by atoms with Gasteiger partial charge in [0, 0.05) is 32.4 Å². The summed E-state index contributed by atoms with van der Waals surface area (Å²) in [6.45, 7) is 2.92. The third-order valence-electron chi connectivity index (χ3n) is 3.37. The minimum Gasteiger partial charge on any atom is -0.481 e. The summed E-state index contributed by atoms with van der Waals surface area (Å²) < 4.78 is 18.4. The van der Waals surface area contributed by atoms with Crippen LogP contribution in [0.3, 0.4) is 0 Å². The van der Waals surface area contributed by atoms with Crippen LogP contribution in [-0.4, -0.2) is 25.1 Å². The van der Waals surface area contributed by atoms with Crippen LogP contribution < -0.4 is 15.4 Å². The molecule has 0 spiro atoms. The van der Waals surface area contributed by atoms with Crippen LogP contribution in [0.2, 0.25) is 0 Å². The molecule has 130 valence electrons. The van der Waals surface area contributed by atoms with Gasteiger partial charge in [-0.3, -0.25) is 4.99 Å².